The van der Waals surface area contributed by atoms with E-state index in [0.717, 1.165) is 0 Å². The molecule has 0 aromatic carbocycles. The second kappa shape index (κ2) is 6.78. The van der Waals surface area contributed by atoms with Gasteiger partial charge in [-0.05, 0) is 27.7 Å². The molecule has 0 radical (unpaired) electrons. The zero-order valence-corrected chi connectivity index (χ0v) is 11.2. The molecule has 0 heterocycles. The summed E-state index contributed by atoms with van der Waals surface area (Å²) in [4.78, 5) is 35.3. The molecule has 2 amide bonds. The van der Waals surface area contributed by atoms with Gasteiger partial charge < -0.3 is 9.47 Å². The van der Waals surface area contributed by atoms with Crippen LogP contribution in [-0.2, 0) is 19.1 Å². The second-order valence-corrected chi connectivity index (χ2v) is 4.41. The fraction of sp³-hybridized carbons (Fsp3) is 0.583. The summed E-state index contributed by atoms with van der Waals surface area (Å²) in [5.41, 5.74) is -0.758. The summed E-state index contributed by atoms with van der Waals surface area (Å²) in [6.45, 7) is 9.89. The van der Waals surface area contributed by atoms with Gasteiger partial charge in [0, 0.05) is 0 Å². The van der Waals surface area contributed by atoms with Crippen molar-refractivity contribution >= 4 is 18.0 Å². The maximum absolute atomic E-state index is 11.7. The van der Waals surface area contributed by atoms with Crippen LogP contribution in [-0.4, -0.2) is 41.6 Å². The van der Waals surface area contributed by atoms with Crippen LogP contribution in [0.15, 0.2) is 12.7 Å². The lowest BCUT2D eigenvalue weighted by Crippen LogP contribution is -2.44. The summed E-state index contributed by atoms with van der Waals surface area (Å²) in [6, 6.07) is 0. The molecular formula is C12H19NO5. The van der Waals surface area contributed by atoms with Gasteiger partial charge in [0.15, 0.2) is 0 Å². The first kappa shape index (κ1) is 16.1. The average molecular weight is 257 g/mol. The van der Waals surface area contributed by atoms with E-state index in [0.29, 0.717) is 4.90 Å². The Bertz CT molecular complexity index is 343. The molecule has 6 heteroatoms. The van der Waals surface area contributed by atoms with Gasteiger partial charge in [0.25, 0.3) is 0 Å². The zero-order valence-electron chi connectivity index (χ0n) is 11.2. The smallest absolute Gasteiger partial charge is 0.417 e. The number of carbonyl (C=O) groups excluding carboxylic acids is 3. The maximum atomic E-state index is 11.7. The molecule has 0 aromatic rings. The first-order valence-corrected chi connectivity index (χ1v) is 5.55. The number of rotatable bonds is 3. The summed E-state index contributed by atoms with van der Waals surface area (Å²) in [7, 11) is 0. The zero-order chi connectivity index (χ0) is 14.3. The Hall–Kier alpha value is -1.85. The molecule has 0 aliphatic carbocycles. The molecule has 0 unspecified atom stereocenters. The lowest BCUT2D eigenvalue weighted by molar-refractivity contribution is -0.159. The van der Waals surface area contributed by atoms with E-state index in [2.05, 4.69) is 11.3 Å². The Labute approximate surface area is 107 Å². The van der Waals surface area contributed by atoms with E-state index in [1.165, 1.54) is 6.08 Å². The number of ether oxygens (including phenoxy) is 2. The summed E-state index contributed by atoms with van der Waals surface area (Å²) in [6.07, 6.45) is 0.418. The third-order valence-electron chi connectivity index (χ3n) is 1.62. The molecule has 0 aliphatic heterocycles. The van der Waals surface area contributed by atoms with E-state index in [1.54, 1.807) is 27.7 Å². The van der Waals surface area contributed by atoms with Crippen molar-refractivity contribution in [1.82, 2.24) is 4.90 Å². The van der Waals surface area contributed by atoms with Crippen molar-refractivity contribution < 1.29 is 23.9 Å². The number of nitrogens with zero attached hydrogens (tertiary/aromatic N) is 1. The third-order valence-corrected chi connectivity index (χ3v) is 1.62. The van der Waals surface area contributed by atoms with Crippen molar-refractivity contribution in [2.24, 2.45) is 0 Å². The lowest BCUT2D eigenvalue weighted by atomic mass is 10.2. The second-order valence-electron chi connectivity index (χ2n) is 4.41. The van der Waals surface area contributed by atoms with Gasteiger partial charge in [-0.1, -0.05) is 6.08 Å². The van der Waals surface area contributed by atoms with Gasteiger partial charge in [-0.25, -0.2) is 14.5 Å². The van der Waals surface area contributed by atoms with E-state index in [9.17, 15) is 14.4 Å². The van der Waals surface area contributed by atoms with E-state index < -0.39 is 23.6 Å². The molecular weight excluding hydrogens is 238 g/mol. The van der Waals surface area contributed by atoms with Crippen LogP contribution in [0.25, 0.3) is 0 Å². The standard InChI is InChI=1S/C12H19NO5/c1-6-8-13(9(14)10(15)17-7-2)11(16)18-12(3,4)5/h6H,1,7-8H2,2-5H3. The van der Waals surface area contributed by atoms with Crippen molar-refractivity contribution in [1.29, 1.82) is 0 Å². The Morgan fingerprint density at radius 3 is 2.22 bits per heavy atom. The van der Waals surface area contributed by atoms with Crippen molar-refractivity contribution in [3.63, 3.8) is 0 Å². The van der Waals surface area contributed by atoms with Crippen LogP contribution in [0, 0.1) is 0 Å². The molecule has 18 heavy (non-hydrogen) atoms. The fourth-order valence-corrected chi connectivity index (χ4v) is 0.990. The topological polar surface area (TPSA) is 72.9 Å². The first-order chi connectivity index (χ1) is 8.22. The SMILES string of the molecule is C=CCN(C(=O)OC(C)(C)C)C(=O)C(=O)OCC. The van der Waals surface area contributed by atoms with E-state index >= 15 is 0 Å². The predicted molar refractivity (Wildman–Crippen MR) is 64.8 cm³/mol. The van der Waals surface area contributed by atoms with Crippen LogP contribution in [0.1, 0.15) is 27.7 Å². The highest BCUT2D eigenvalue weighted by Gasteiger charge is 2.31. The molecule has 0 N–H and O–H groups in total. The minimum atomic E-state index is -1.09. The average Bonchev–Trinajstić information content (AvgIpc) is 2.22. The summed E-state index contributed by atoms with van der Waals surface area (Å²) >= 11 is 0. The van der Waals surface area contributed by atoms with Crippen LogP contribution in [0.2, 0.25) is 0 Å². The van der Waals surface area contributed by atoms with Gasteiger partial charge in [-0.15, -0.1) is 6.58 Å². The van der Waals surface area contributed by atoms with E-state index in [1.807, 2.05) is 0 Å². The number of imide groups is 1. The van der Waals surface area contributed by atoms with Crippen LogP contribution < -0.4 is 0 Å². The number of amides is 2. The van der Waals surface area contributed by atoms with Gasteiger partial charge in [0.1, 0.15) is 5.60 Å². The van der Waals surface area contributed by atoms with Crippen molar-refractivity contribution in [3.8, 4) is 0 Å². The van der Waals surface area contributed by atoms with E-state index in [-0.39, 0.29) is 13.2 Å². The molecule has 0 rings (SSSR count). The highest BCUT2D eigenvalue weighted by atomic mass is 16.6. The highest BCUT2D eigenvalue weighted by Crippen LogP contribution is 2.10. The number of carbonyl (C=O) groups is 3. The van der Waals surface area contributed by atoms with Crippen LogP contribution >= 0.6 is 0 Å². The van der Waals surface area contributed by atoms with Crippen molar-refractivity contribution in [2.75, 3.05) is 13.2 Å². The van der Waals surface area contributed by atoms with Gasteiger partial charge in [0.05, 0.1) is 13.2 Å². The Kier molecular flexibility index (Phi) is 6.08. The minimum absolute atomic E-state index is 0.0564. The molecule has 0 aromatic heterocycles. The third kappa shape index (κ3) is 5.47. The summed E-state index contributed by atoms with van der Waals surface area (Å²) < 4.78 is 9.55. The molecule has 0 saturated carbocycles. The lowest BCUT2D eigenvalue weighted by Gasteiger charge is -2.24. The van der Waals surface area contributed by atoms with Crippen LogP contribution in [0.4, 0.5) is 4.79 Å². The molecule has 0 atom stereocenters. The minimum Gasteiger partial charge on any atom is -0.459 e. The highest BCUT2D eigenvalue weighted by molar-refractivity contribution is 6.34. The molecule has 102 valence electrons. The van der Waals surface area contributed by atoms with Crippen LogP contribution in [0.3, 0.4) is 0 Å². The number of hydrogen-bond acceptors (Lipinski definition) is 5. The summed E-state index contributed by atoms with van der Waals surface area (Å²) in [5.74, 6) is -2.16. The van der Waals surface area contributed by atoms with Crippen molar-refractivity contribution in [2.45, 2.75) is 33.3 Å². The van der Waals surface area contributed by atoms with Gasteiger partial charge >= 0.3 is 18.0 Å². The number of esters is 1. The van der Waals surface area contributed by atoms with E-state index in [4.69, 9.17) is 4.74 Å². The molecule has 0 bridgehead atoms. The normalized spacial score (nSPS) is 10.4. The quantitative estimate of drug-likeness (QED) is 0.435. The summed E-state index contributed by atoms with van der Waals surface area (Å²) in [5, 5.41) is 0. The van der Waals surface area contributed by atoms with Gasteiger partial charge in [0.2, 0.25) is 0 Å². The predicted octanol–water partition coefficient (Wildman–Crippen LogP) is 1.50. The van der Waals surface area contributed by atoms with Gasteiger partial charge in [-0.2, -0.15) is 0 Å². The first-order valence-electron chi connectivity index (χ1n) is 5.55. The Morgan fingerprint density at radius 1 is 1.28 bits per heavy atom. The molecule has 6 nitrogen and oxygen atoms in total. The Morgan fingerprint density at radius 2 is 1.83 bits per heavy atom. The molecule has 0 saturated heterocycles. The largest absolute Gasteiger partial charge is 0.459 e. The molecule has 0 aliphatic rings. The number of hydrogen-bond donors (Lipinski definition) is 0. The van der Waals surface area contributed by atoms with Crippen molar-refractivity contribution in [3.05, 3.63) is 12.7 Å². The molecule has 0 spiro atoms. The Balaban J connectivity index is 4.85. The maximum Gasteiger partial charge on any atom is 0.417 e. The van der Waals surface area contributed by atoms with Crippen LogP contribution in [0.5, 0.6) is 0 Å². The van der Waals surface area contributed by atoms with Gasteiger partial charge in [-0.3, -0.25) is 4.79 Å². The molecule has 0 fully saturated rings. The fourth-order valence-electron chi connectivity index (χ4n) is 0.990. The monoisotopic (exact) mass is 257 g/mol.